The Morgan fingerprint density at radius 1 is 1.08 bits per heavy atom. The maximum atomic E-state index is 13.2. The highest BCUT2D eigenvalue weighted by atomic mass is 35.5. The first kappa shape index (κ1) is 30.6. The molecule has 1 saturated heterocycles. The van der Waals surface area contributed by atoms with Gasteiger partial charge in [0.05, 0.1) is 21.2 Å². The monoisotopic (exact) mass is 625 g/mol. The maximum Gasteiger partial charge on any atom is 0.342 e. The molecule has 0 atom stereocenters. The molecule has 0 N–H and O–H groups in total. The zero-order valence-electron chi connectivity index (χ0n) is 20.7. The van der Waals surface area contributed by atoms with Crippen LogP contribution in [-0.2, 0) is 24.8 Å². The van der Waals surface area contributed by atoms with Crippen molar-refractivity contribution in [3.05, 3.63) is 57.1 Å². The molecule has 1 fully saturated rings. The van der Waals surface area contributed by atoms with Gasteiger partial charge in [-0.2, -0.15) is 8.61 Å². The molecule has 0 spiro atoms. The highest BCUT2D eigenvalue weighted by Gasteiger charge is 2.44. The number of sulfonamides is 2. The smallest absolute Gasteiger partial charge is 0.342 e. The van der Waals surface area contributed by atoms with Crippen LogP contribution in [0.3, 0.4) is 0 Å². The van der Waals surface area contributed by atoms with Gasteiger partial charge in [-0.05, 0) is 36.7 Å². The van der Waals surface area contributed by atoms with Crippen molar-refractivity contribution < 1.29 is 31.2 Å². The van der Waals surface area contributed by atoms with E-state index in [1.54, 1.807) is 12.1 Å². The second-order valence-electron chi connectivity index (χ2n) is 9.04. The molecular formula is C23H26Cl3N3O7S2. The summed E-state index contributed by atoms with van der Waals surface area (Å²) in [5, 5.41) is -0.634. The second kappa shape index (κ2) is 11.3. The van der Waals surface area contributed by atoms with Crippen LogP contribution in [0.15, 0.2) is 40.1 Å². The van der Waals surface area contributed by atoms with Gasteiger partial charge in [-0.15, -0.1) is 12.4 Å². The molecule has 2 aliphatic heterocycles. The van der Waals surface area contributed by atoms with Gasteiger partial charge in [-0.3, -0.25) is 4.79 Å². The lowest BCUT2D eigenvalue weighted by atomic mass is 9.97. The van der Waals surface area contributed by atoms with E-state index in [0.29, 0.717) is 23.0 Å². The summed E-state index contributed by atoms with van der Waals surface area (Å²) in [5.74, 6) is -2.12. The molecule has 2 aromatic rings. The SMILES string of the molecule is CC(C)c1cccc2c1C(=O)N(COC(=O)c1c(Cl)ccc(S(=O)(=O)N3CCN(C)CC3)c1Cl)S2(=O)=O.Cl. The Morgan fingerprint density at radius 3 is 2.32 bits per heavy atom. The number of amides is 1. The largest absolute Gasteiger partial charge is 0.439 e. The number of benzene rings is 2. The molecule has 0 radical (unpaired) electrons. The fourth-order valence-electron chi connectivity index (χ4n) is 4.23. The number of likely N-dealkylation sites (N-methyl/N-ethyl adjacent to an activating group) is 1. The van der Waals surface area contributed by atoms with Gasteiger partial charge < -0.3 is 9.64 Å². The number of nitrogens with zero attached hydrogens (tertiary/aromatic N) is 3. The molecular weight excluding hydrogens is 601 g/mol. The number of hydrogen-bond acceptors (Lipinski definition) is 8. The molecule has 15 heteroatoms. The van der Waals surface area contributed by atoms with Crippen molar-refractivity contribution >= 4 is 67.5 Å². The lowest BCUT2D eigenvalue weighted by Gasteiger charge is -2.31. The maximum absolute atomic E-state index is 13.2. The highest BCUT2D eigenvalue weighted by molar-refractivity contribution is 7.90. The Labute approximate surface area is 237 Å². The number of ether oxygens (including phenoxy) is 1. The number of hydrogen-bond donors (Lipinski definition) is 0. The molecule has 38 heavy (non-hydrogen) atoms. The van der Waals surface area contributed by atoms with E-state index in [1.807, 2.05) is 25.8 Å². The molecule has 208 valence electrons. The number of fused-ring (bicyclic) bond motifs is 1. The van der Waals surface area contributed by atoms with E-state index in [2.05, 4.69) is 0 Å². The van der Waals surface area contributed by atoms with Gasteiger partial charge in [0.2, 0.25) is 10.0 Å². The van der Waals surface area contributed by atoms with Gasteiger partial charge in [-0.1, -0.05) is 49.2 Å². The Kier molecular flexibility index (Phi) is 9.09. The summed E-state index contributed by atoms with van der Waals surface area (Å²) in [6.07, 6.45) is 0. The molecule has 0 bridgehead atoms. The summed E-state index contributed by atoms with van der Waals surface area (Å²) in [4.78, 5) is 27.5. The molecule has 0 saturated carbocycles. The Bertz CT molecular complexity index is 1490. The van der Waals surface area contributed by atoms with E-state index < -0.39 is 49.2 Å². The third-order valence-corrected chi connectivity index (χ3v) is 10.8. The predicted molar refractivity (Wildman–Crippen MR) is 144 cm³/mol. The van der Waals surface area contributed by atoms with Gasteiger partial charge >= 0.3 is 5.97 Å². The van der Waals surface area contributed by atoms with Crippen LogP contribution in [-0.4, -0.2) is 82.2 Å². The lowest BCUT2D eigenvalue weighted by Crippen LogP contribution is -2.47. The van der Waals surface area contributed by atoms with Gasteiger partial charge in [0.1, 0.15) is 9.79 Å². The standard InChI is InChI=1S/C23H25Cl2N3O7S2.ClH/c1-14(2)15-5-4-6-17-19(15)22(29)28(37(17,33)34)13-35-23(30)20-16(24)7-8-18(21(20)25)36(31,32)27-11-9-26(3)10-12-27;/h4-8,14H,9-13H2,1-3H3;1H. The van der Waals surface area contributed by atoms with Crippen LogP contribution in [0.4, 0.5) is 0 Å². The van der Waals surface area contributed by atoms with Gasteiger partial charge in [0, 0.05) is 26.2 Å². The third kappa shape index (κ3) is 5.27. The average molecular weight is 627 g/mol. The minimum atomic E-state index is -4.27. The van der Waals surface area contributed by atoms with Crippen LogP contribution in [0.5, 0.6) is 0 Å². The average Bonchev–Trinajstić information content (AvgIpc) is 3.02. The first-order valence-electron chi connectivity index (χ1n) is 11.3. The van der Waals surface area contributed by atoms with Crippen molar-refractivity contribution in [3.8, 4) is 0 Å². The molecule has 2 aromatic carbocycles. The zero-order valence-corrected chi connectivity index (χ0v) is 24.6. The quantitative estimate of drug-likeness (QED) is 0.447. The topological polar surface area (TPSA) is 121 Å². The summed E-state index contributed by atoms with van der Waals surface area (Å²) in [6.45, 7) is 4.25. The Balaban J connectivity index is 0.00000400. The molecule has 0 aliphatic carbocycles. The highest BCUT2D eigenvalue weighted by Crippen LogP contribution is 2.36. The van der Waals surface area contributed by atoms with E-state index in [4.69, 9.17) is 27.9 Å². The van der Waals surface area contributed by atoms with Crippen molar-refractivity contribution in [1.82, 2.24) is 13.5 Å². The third-order valence-electron chi connectivity index (χ3n) is 6.34. The summed E-state index contributed by atoms with van der Waals surface area (Å²) in [5.41, 5.74) is 0.139. The van der Waals surface area contributed by atoms with Crippen LogP contribution >= 0.6 is 35.6 Å². The van der Waals surface area contributed by atoms with Crippen LogP contribution in [0.2, 0.25) is 10.0 Å². The first-order valence-corrected chi connectivity index (χ1v) is 15.0. The van der Waals surface area contributed by atoms with Crippen LogP contribution in [0.1, 0.15) is 46.0 Å². The van der Waals surface area contributed by atoms with E-state index in [9.17, 15) is 26.4 Å². The van der Waals surface area contributed by atoms with Gasteiger partial charge in [-0.25, -0.2) is 21.6 Å². The molecule has 4 rings (SSSR count). The van der Waals surface area contributed by atoms with Gasteiger partial charge in [0.15, 0.2) is 6.73 Å². The van der Waals surface area contributed by atoms with Crippen molar-refractivity contribution in [2.45, 2.75) is 29.6 Å². The fraction of sp³-hybridized carbons (Fsp3) is 0.391. The van der Waals surface area contributed by atoms with Crippen LogP contribution < -0.4 is 0 Å². The number of carbonyl (C=O) groups excluding carboxylic acids is 2. The summed E-state index contributed by atoms with van der Waals surface area (Å²) >= 11 is 12.5. The van der Waals surface area contributed by atoms with Crippen molar-refractivity contribution in [2.24, 2.45) is 0 Å². The van der Waals surface area contributed by atoms with E-state index in [1.165, 1.54) is 22.5 Å². The zero-order chi connectivity index (χ0) is 27.3. The van der Waals surface area contributed by atoms with Crippen LogP contribution in [0.25, 0.3) is 0 Å². The second-order valence-corrected chi connectivity index (χ2v) is 13.6. The van der Waals surface area contributed by atoms with E-state index >= 15 is 0 Å². The number of rotatable bonds is 6. The predicted octanol–water partition coefficient (Wildman–Crippen LogP) is 3.43. The number of carbonyl (C=O) groups is 2. The summed E-state index contributed by atoms with van der Waals surface area (Å²) in [7, 11) is -6.44. The van der Waals surface area contributed by atoms with Gasteiger partial charge in [0.25, 0.3) is 15.9 Å². The Morgan fingerprint density at radius 2 is 1.71 bits per heavy atom. The normalized spacial score (nSPS) is 17.8. The number of halogens is 3. The summed E-state index contributed by atoms with van der Waals surface area (Å²) in [6, 6.07) is 6.93. The van der Waals surface area contributed by atoms with E-state index in [0.717, 1.165) is 0 Å². The lowest BCUT2D eigenvalue weighted by molar-refractivity contribution is 0.0358. The van der Waals surface area contributed by atoms with Crippen molar-refractivity contribution in [2.75, 3.05) is 40.0 Å². The summed E-state index contributed by atoms with van der Waals surface area (Å²) < 4.78 is 59.3. The van der Waals surface area contributed by atoms with Crippen molar-refractivity contribution in [3.63, 3.8) is 0 Å². The molecule has 2 heterocycles. The Hall–Kier alpha value is -1.93. The molecule has 2 aliphatic rings. The molecule has 1 amide bonds. The number of piperazine rings is 1. The first-order chi connectivity index (χ1) is 17.3. The molecule has 0 unspecified atom stereocenters. The fourth-order valence-corrected chi connectivity index (χ4v) is 7.99. The minimum Gasteiger partial charge on any atom is -0.439 e. The molecule has 10 nitrogen and oxygen atoms in total. The van der Waals surface area contributed by atoms with Crippen molar-refractivity contribution in [1.29, 1.82) is 0 Å². The number of esters is 1. The van der Waals surface area contributed by atoms with E-state index in [-0.39, 0.29) is 51.8 Å². The minimum absolute atomic E-state index is 0. The van der Waals surface area contributed by atoms with Crippen LogP contribution in [0, 0.1) is 0 Å². The molecule has 0 aromatic heterocycles.